The number of hydrogen-bond acceptors (Lipinski definition) is 7. The molecule has 0 radical (unpaired) electrons. The molecule has 1 aliphatic heterocycles. The van der Waals surface area contributed by atoms with Crippen molar-refractivity contribution in [3.05, 3.63) is 65.1 Å². The number of H-pyrrole nitrogens is 1. The van der Waals surface area contributed by atoms with Crippen molar-refractivity contribution >= 4 is 22.7 Å². The number of ether oxygens (including phenoxy) is 2. The molecule has 0 amide bonds. The van der Waals surface area contributed by atoms with E-state index in [2.05, 4.69) is 20.3 Å². The molecular formula is C24H26N6O3. The average molecular weight is 447 g/mol. The third-order valence-corrected chi connectivity index (χ3v) is 5.87. The normalized spacial score (nSPS) is 16.1. The standard InChI is InChI=1S/C24H26N6O3/c1-32-19-11-17(12-20(13-19)33-2)26-16-7-6-10-29(15-16)24-27-22-21(23(31)28-24)14-25-30(22)18-8-4-3-5-9-18/h3-5,8-9,11-14,16,26H,6-7,10,15H2,1-2H3,(H,27,28,31). The van der Waals surface area contributed by atoms with Crippen molar-refractivity contribution in [3.8, 4) is 17.2 Å². The van der Waals surface area contributed by atoms with Gasteiger partial charge < -0.3 is 19.7 Å². The Kier molecular flexibility index (Phi) is 5.60. The van der Waals surface area contributed by atoms with Gasteiger partial charge in [-0.05, 0) is 25.0 Å². The van der Waals surface area contributed by atoms with Crippen LogP contribution in [0.5, 0.6) is 11.5 Å². The first-order valence-corrected chi connectivity index (χ1v) is 10.9. The van der Waals surface area contributed by atoms with Gasteiger partial charge in [-0.25, -0.2) is 4.68 Å². The fourth-order valence-electron chi connectivity index (χ4n) is 4.23. The van der Waals surface area contributed by atoms with Gasteiger partial charge in [0.2, 0.25) is 5.95 Å². The van der Waals surface area contributed by atoms with Crippen molar-refractivity contribution < 1.29 is 9.47 Å². The predicted octanol–water partition coefficient (Wildman–Crippen LogP) is 3.21. The molecule has 5 rings (SSSR count). The van der Waals surface area contributed by atoms with Crippen LogP contribution >= 0.6 is 0 Å². The van der Waals surface area contributed by atoms with Crippen LogP contribution in [0.1, 0.15) is 12.8 Å². The van der Waals surface area contributed by atoms with Gasteiger partial charge in [-0.1, -0.05) is 18.2 Å². The van der Waals surface area contributed by atoms with Crippen molar-refractivity contribution in [1.82, 2.24) is 19.7 Å². The fourth-order valence-corrected chi connectivity index (χ4v) is 4.23. The monoisotopic (exact) mass is 446 g/mol. The Morgan fingerprint density at radius 3 is 2.58 bits per heavy atom. The van der Waals surface area contributed by atoms with Gasteiger partial charge in [0.1, 0.15) is 16.9 Å². The summed E-state index contributed by atoms with van der Waals surface area (Å²) in [5.41, 5.74) is 2.15. The highest BCUT2D eigenvalue weighted by Gasteiger charge is 2.23. The number of methoxy groups -OCH3 is 2. The molecule has 1 aliphatic rings. The summed E-state index contributed by atoms with van der Waals surface area (Å²) in [6.07, 6.45) is 3.54. The summed E-state index contributed by atoms with van der Waals surface area (Å²) >= 11 is 0. The molecule has 2 aromatic heterocycles. The molecule has 2 aromatic carbocycles. The molecule has 1 fully saturated rings. The van der Waals surface area contributed by atoms with E-state index in [4.69, 9.17) is 14.5 Å². The first-order valence-electron chi connectivity index (χ1n) is 10.9. The lowest BCUT2D eigenvalue weighted by Gasteiger charge is -2.34. The smallest absolute Gasteiger partial charge is 0.263 e. The summed E-state index contributed by atoms with van der Waals surface area (Å²) in [5, 5.41) is 8.44. The van der Waals surface area contributed by atoms with Gasteiger partial charge in [0, 0.05) is 43.0 Å². The summed E-state index contributed by atoms with van der Waals surface area (Å²) in [5.74, 6) is 2.02. The fraction of sp³-hybridized carbons (Fsp3) is 0.292. The van der Waals surface area contributed by atoms with Crippen molar-refractivity contribution in [2.75, 3.05) is 37.5 Å². The minimum atomic E-state index is -0.190. The van der Waals surface area contributed by atoms with Crippen molar-refractivity contribution in [3.63, 3.8) is 0 Å². The Hall–Kier alpha value is -4.01. The van der Waals surface area contributed by atoms with Crippen LogP contribution in [0.15, 0.2) is 59.5 Å². The summed E-state index contributed by atoms with van der Waals surface area (Å²) in [6.45, 7) is 1.51. The van der Waals surface area contributed by atoms with E-state index in [9.17, 15) is 4.79 Å². The highest BCUT2D eigenvalue weighted by atomic mass is 16.5. The maximum atomic E-state index is 12.8. The Bertz CT molecular complexity index is 1290. The van der Waals surface area contributed by atoms with Gasteiger partial charge in [-0.3, -0.25) is 9.78 Å². The topological polar surface area (TPSA) is 97.3 Å². The Morgan fingerprint density at radius 2 is 1.85 bits per heavy atom. The minimum absolute atomic E-state index is 0.176. The van der Waals surface area contributed by atoms with Crippen LogP contribution in [-0.2, 0) is 0 Å². The second kappa shape index (κ2) is 8.85. The zero-order valence-electron chi connectivity index (χ0n) is 18.6. The van der Waals surface area contributed by atoms with E-state index in [1.54, 1.807) is 25.1 Å². The first kappa shape index (κ1) is 20.9. The van der Waals surface area contributed by atoms with E-state index in [-0.39, 0.29) is 11.6 Å². The molecule has 33 heavy (non-hydrogen) atoms. The maximum absolute atomic E-state index is 12.8. The molecule has 0 bridgehead atoms. The highest BCUT2D eigenvalue weighted by molar-refractivity contribution is 5.76. The van der Waals surface area contributed by atoms with E-state index in [0.717, 1.165) is 42.3 Å². The third kappa shape index (κ3) is 4.21. The second-order valence-electron chi connectivity index (χ2n) is 8.05. The largest absolute Gasteiger partial charge is 0.497 e. The highest BCUT2D eigenvalue weighted by Crippen LogP contribution is 2.28. The molecule has 1 unspecified atom stereocenters. The second-order valence-corrected chi connectivity index (χ2v) is 8.05. The molecule has 9 nitrogen and oxygen atoms in total. The minimum Gasteiger partial charge on any atom is -0.497 e. The van der Waals surface area contributed by atoms with E-state index >= 15 is 0 Å². The zero-order chi connectivity index (χ0) is 22.8. The Balaban J connectivity index is 1.42. The molecule has 3 heterocycles. The molecule has 0 aliphatic carbocycles. The Labute approximate surface area is 191 Å². The first-order chi connectivity index (χ1) is 16.1. The summed E-state index contributed by atoms with van der Waals surface area (Å²) in [7, 11) is 3.28. The van der Waals surface area contributed by atoms with Crippen molar-refractivity contribution in [2.24, 2.45) is 0 Å². The van der Waals surface area contributed by atoms with Crippen LogP contribution in [0, 0.1) is 0 Å². The van der Waals surface area contributed by atoms with Crippen LogP contribution < -0.4 is 25.2 Å². The number of rotatable bonds is 6. The number of nitrogens with zero attached hydrogens (tertiary/aromatic N) is 4. The Morgan fingerprint density at radius 1 is 1.09 bits per heavy atom. The molecule has 4 aromatic rings. The van der Waals surface area contributed by atoms with Gasteiger partial charge >= 0.3 is 0 Å². The van der Waals surface area contributed by atoms with Gasteiger partial charge in [-0.2, -0.15) is 10.1 Å². The van der Waals surface area contributed by atoms with Crippen LogP contribution in [0.25, 0.3) is 16.7 Å². The number of piperidine rings is 1. The summed E-state index contributed by atoms with van der Waals surface area (Å²) in [4.78, 5) is 22.6. The number of aromatic nitrogens is 4. The molecule has 1 atom stereocenters. The van der Waals surface area contributed by atoms with Crippen LogP contribution in [0.2, 0.25) is 0 Å². The number of benzene rings is 2. The molecule has 9 heteroatoms. The van der Waals surface area contributed by atoms with E-state index < -0.39 is 0 Å². The quantitative estimate of drug-likeness (QED) is 0.469. The molecular weight excluding hydrogens is 420 g/mol. The van der Waals surface area contributed by atoms with E-state index in [1.807, 2.05) is 48.5 Å². The number of aromatic amines is 1. The maximum Gasteiger partial charge on any atom is 0.263 e. The van der Waals surface area contributed by atoms with Gasteiger partial charge in [0.05, 0.1) is 26.1 Å². The molecule has 0 saturated carbocycles. The lowest BCUT2D eigenvalue weighted by atomic mass is 10.1. The SMILES string of the molecule is COc1cc(NC2CCCN(c3nc4c(cnn4-c4ccccc4)c(=O)[nH]3)C2)cc(OC)c1. The van der Waals surface area contributed by atoms with Gasteiger partial charge in [0.15, 0.2) is 5.65 Å². The molecule has 0 spiro atoms. The third-order valence-electron chi connectivity index (χ3n) is 5.87. The van der Waals surface area contributed by atoms with Gasteiger partial charge in [-0.15, -0.1) is 0 Å². The lowest BCUT2D eigenvalue weighted by Crippen LogP contribution is -2.43. The number of hydrogen-bond donors (Lipinski definition) is 2. The van der Waals surface area contributed by atoms with Crippen LogP contribution in [0.4, 0.5) is 11.6 Å². The number of nitrogens with one attached hydrogen (secondary N) is 2. The summed E-state index contributed by atoms with van der Waals surface area (Å²) in [6, 6.07) is 15.6. The lowest BCUT2D eigenvalue weighted by molar-refractivity contribution is 0.394. The van der Waals surface area contributed by atoms with Gasteiger partial charge in [0.25, 0.3) is 5.56 Å². The van der Waals surface area contributed by atoms with Crippen molar-refractivity contribution in [2.45, 2.75) is 18.9 Å². The average Bonchev–Trinajstić information content (AvgIpc) is 3.29. The van der Waals surface area contributed by atoms with Crippen molar-refractivity contribution in [1.29, 1.82) is 0 Å². The number of para-hydroxylation sites is 1. The molecule has 2 N–H and O–H groups in total. The summed E-state index contributed by atoms with van der Waals surface area (Å²) < 4.78 is 12.5. The number of anilines is 2. The van der Waals surface area contributed by atoms with E-state index in [0.29, 0.717) is 23.5 Å². The molecule has 1 saturated heterocycles. The van der Waals surface area contributed by atoms with Crippen LogP contribution in [0.3, 0.4) is 0 Å². The predicted molar refractivity (Wildman–Crippen MR) is 128 cm³/mol. The molecule has 170 valence electrons. The number of fused-ring (bicyclic) bond motifs is 1. The van der Waals surface area contributed by atoms with E-state index in [1.165, 1.54) is 0 Å². The van der Waals surface area contributed by atoms with Crippen LogP contribution in [-0.4, -0.2) is 53.1 Å². The zero-order valence-corrected chi connectivity index (χ0v) is 18.6.